The predicted octanol–water partition coefficient (Wildman–Crippen LogP) is 1.91. The van der Waals surface area contributed by atoms with Crippen molar-refractivity contribution in [1.29, 1.82) is 0 Å². The second kappa shape index (κ2) is 5.93. The molecule has 2 rings (SSSR count). The number of nitrogens with one attached hydrogen (secondary N) is 1. The second-order valence-corrected chi connectivity index (χ2v) is 4.73. The van der Waals surface area contributed by atoms with Crippen LogP contribution in [0, 0.1) is 0 Å². The van der Waals surface area contributed by atoms with Crippen molar-refractivity contribution in [3.8, 4) is 5.75 Å². The highest BCUT2D eigenvalue weighted by molar-refractivity contribution is 6.40. The van der Waals surface area contributed by atoms with E-state index in [2.05, 4.69) is 5.32 Å². The number of nitrogens with zero attached hydrogens (tertiary/aromatic N) is 1. The van der Waals surface area contributed by atoms with E-state index in [1.54, 1.807) is 23.1 Å². The molecule has 1 aromatic carbocycles. The van der Waals surface area contributed by atoms with Gasteiger partial charge in [-0.2, -0.15) is 0 Å². The van der Waals surface area contributed by atoms with Crippen LogP contribution in [0.2, 0.25) is 5.02 Å². The molecule has 1 aliphatic heterocycles. The smallest absolute Gasteiger partial charge is 0.314 e. The van der Waals surface area contributed by atoms with Crippen LogP contribution in [0.5, 0.6) is 5.75 Å². The number of ether oxygens (including phenoxy) is 1. The lowest BCUT2D eigenvalue weighted by molar-refractivity contribution is -0.142. The van der Waals surface area contributed by atoms with Gasteiger partial charge < -0.3 is 15.0 Å². The molecule has 0 aromatic heterocycles. The summed E-state index contributed by atoms with van der Waals surface area (Å²) in [6.07, 6.45) is 1.89. The highest BCUT2D eigenvalue weighted by Crippen LogP contribution is 2.27. The van der Waals surface area contributed by atoms with E-state index in [0.29, 0.717) is 29.5 Å². The minimum absolute atomic E-state index is 0.396. The topological polar surface area (TPSA) is 58.6 Å². The van der Waals surface area contributed by atoms with E-state index >= 15 is 0 Å². The van der Waals surface area contributed by atoms with Gasteiger partial charge in [0.15, 0.2) is 0 Å². The summed E-state index contributed by atoms with van der Waals surface area (Å²) >= 11 is 5.86. The van der Waals surface area contributed by atoms with Gasteiger partial charge in [0.25, 0.3) is 0 Å². The average Bonchev–Trinajstić information content (AvgIpc) is 2.92. The molecule has 0 atom stereocenters. The Hall–Kier alpha value is -1.75. The summed E-state index contributed by atoms with van der Waals surface area (Å²) < 4.78 is 5.11. The highest BCUT2D eigenvalue weighted by atomic mass is 35.5. The molecule has 0 bridgehead atoms. The molecule has 1 saturated heterocycles. The lowest BCUT2D eigenvalue weighted by Crippen LogP contribution is -2.37. The third kappa shape index (κ3) is 3.17. The van der Waals surface area contributed by atoms with Gasteiger partial charge in [-0.1, -0.05) is 11.6 Å². The van der Waals surface area contributed by atoms with Crippen LogP contribution in [0.15, 0.2) is 18.2 Å². The summed E-state index contributed by atoms with van der Waals surface area (Å²) in [7, 11) is 1.49. The van der Waals surface area contributed by atoms with Crippen LogP contribution in [-0.4, -0.2) is 36.9 Å². The number of anilines is 1. The number of carbonyl (C=O) groups excluding carboxylic acids is 2. The molecule has 0 radical (unpaired) electrons. The van der Waals surface area contributed by atoms with Crippen LogP contribution in [-0.2, 0) is 9.59 Å². The van der Waals surface area contributed by atoms with Gasteiger partial charge in [0.2, 0.25) is 0 Å². The van der Waals surface area contributed by atoms with E-state index in [4.69, 9.17) is 16.3 Å². The third-order valence-electron chi connectivity index (χ3n) is 3.00. The molecular formula is C13H15ClN2O3. The van der Waals surface area contributed by atoms with Gasteiger partial charge in [0.1, 0.15) is 5.75 Å². The zero-order valence-electron chi connectivity index (χ0n) is 10.6. The molecular weight excluding hydrogens is 268 g/mol. The molecule has 0 spiro atoms. The Morgan fingerprint density at radius 2 is 2.00 bits per heavy atom. The number of rotatable bonds is 2. The number of hydrogen-bond acceptors (Lipinski definition) is 3. The summed E-state index contributed by atoms with van der Waals surface area (Å²) in [5.41, 5.74) is 0.396. The maximum atomic E-state index is 11.9. The first kappa shape index (κ1) is 13.7. The molecule has 1 aromatic rings. The quantitative estimate of drug-likeness (QED) is 0.843. The standard InChI is InChI=1S/C13H15ClN2O3/c1-19-11-5-4-9(14)8-10(11)15-12(17)13(18)16-6-2-3-7-16/h4-5,8H,2-3,6-7H2,1H3,(H,15,17). The monoisotopic (exact) mass is 282 g/mol. The summed E-state index contributed by atoms with van der Waals surface area (Å²) in [6.45, 7) is 1.28. The zero-order chi connectivity index (χ0) is 13.8. The number of carbonyl (C=O) groups is 2. The molecule has 19 heavy (non-hydrogen) atoms. The van der Waals surface area contributed by atoms with Gasteiger partial charge in [-0.3, -0.25) is 9.59 Å². The second-order valence-electron chi connectivity index (χ2n) is 4.30. The summed E-state index contributed by atoms with van der Waals surface area (Å²) in [5, 5.41) is 3.00. The van der Waals surface area contributed by atoms with E-state index < -0.39 is 11.8 Å². The van der Waals surface area contributed by atoms with Gasteiger partial charge in [0.05, 0.1) is 12.8 Å². The SMILES string of the molecule is COc1ccc(Cl)cc1NC(=O)C(=O)N1CCCC1. The molecule has 1 N–H and O–H groups in total. The largest absolute Gasteiger partial charge is 0.495 e. The minimum Gasteiger partial charge on any atom is -0.495 e. The molecule has 1 aliphatic rings. The number of hydrogen-bond donors (Lipinski definition) is 1. The number of methoxy groups -OCH3 is 1. The Bertz CT molecular complexity index is 499. The van der Waals surface area contributed by atoms with Crippen molar-refractivity contribution in [1.82, 2.24) is 4.90 Å². The summed E-state index contributed by atoms with van der Waals surface area (Å²) in [6, 6.07) is 4.84. The van der Waals surface area contributed by atoms with Crippen LogP contribution in [0.3, 0.4) is 0 Å². The van der Waals surface area contributed by atoms with Crippen molar-refractivity contribution in [2.75, 3.05) is 25.5 Å². The summed E-state index contributed by atoms with van der Waals surface area (Å²) in [5.74, 6) is -0.714. The fourth-order valence-electron chi connectivity index (χ4n) is 2.02. The van der Waals surface area contributed by atoms with Gasteiger partial charge >= 0.3 is 11.8 Å². The van der Waals surface area contributed by atoms with Crippen molar-refractivity contribution >= 4 is 29.1 Å². The van der Waals surface area contributed by atoms with Crippen molar-refractivity contribution < 1.29 is 14.3 Å². The van der Waals surface area contributed by atoms with E-state index in [-0.39, 0.29) is 0 Å². The third-order valence-corrected chi connectivity index (χ3v) is 3.23. The van der Waals surface area contributed by atoms with E-state index in [0.717, 1.165) is 12.8 Å². The molecule has 0 aliphatic carbocycles. The van der Waals surface area contributed by atoms with Crippen molar-refractivity contribution in [2.24, 2.45) is 0 Å². The molecule has 0 saturated carbocycles. The van der Waals surface area contributed by atoms with Crippen molar-refractivity contribution in [3.05, 3.63) is 23.2 Å². The Morgan fingerprint density at radius 3 is 2.63 bits per heavy atom. The van der Waals surface area contributed by atoms with Crippen LogP contribution in [0.4, 0.5) is 5.69 Å². The van der Waals surface area contributed by atoms with E-state index in [1.165, 1.54) is 7.11 Å². The van der Waals surface area contributed by atoms with Crippen LogP contribution in [0.1, 0.15) is 12.8 Å². The van der Waals surface area contributed by atoms with Gasteiger partial charge in [-0.15, -0.1) is 0 Å². The minimum atomic E-state index is -0.664. The lowest BCUT2D eigenvalue weighted by atomic mass is 10.3. The van der Waals surface area contributed by atoms with Crippen molar-refractivity contribution in [3.63, 3.8) is 0 Å². The molecule has 2 amide bonds. The first-order valence-electron chi connectivity index (χ1n) is 6.05. The Morgan fingerprint density at radius 1 is 1.32 bits per heavy atom. The highest BCUT2D eigenvalue weighted by Gasteiger charge is 2.25. The lowest BCUT2D eigenvalue weighted by Gasteiger charge is -2.15. The summed E-state index contributed by atoms with van der Waals surface area (Å²) in [4.78, 5) is 25.3. The fourth-order valence-corrected chi connectivity index (χ4v) is 2.19. The van der Waals surface area contributed by atoms with Gasteiger partial charge in [-0.05, 0) is 31.0 Å². The van der Waals surface area contributed by atoms with Gasteiger partial charge in [-0.25, -0.2) is 0 Å². The van der Waals surface area contributed by atoms with Gasteiger partial charge in [0, 0.05) is 18.1 Å². The maximum absolute atomic E-state index is 11.9. The van der Waals surface area contributed by atoms with Crippen LogP contribution < -0.4 is 10.1 Å². The Kier molecular flexibility index (Phi) is 4.27. The molecule has 1 heterocycles. The average molecular weight is 283 g/mol. The Balaban J connectivity index is 2.09. The number of amides is 2. The number of benzene rings is 1. The fraction of sp³-hybridized carbons (Fsp3) is 0.385. The molecule has 0 unspecified atom stereocenters. The van der Waals surface area contributed by atoms with E-state index in [9.17, 15) is 9.59 Å². The van der Waals surface area contributed by atoms with Crippen LogP contribution >= 0.6 is 11.6 Å². The predicted molar refractivity (Wildman–Crippen MR) is 72.4 cm³/mol. The number of likely N-dealkylation sites (tertiary alicyclic amines) is 1. The van der Waals surface area contributed by atoms with Crippen molar-refractivity contribution in [2.45, 2.75) is 12.8 Å². The number of halogens is 1. The first-order valence-corrected chi connectivity index (χ1v) is 6.43. The molecule has 5 nitrogen and oxygen atoms in total. The molecule has 102 valence electrons. The van der Waals surface area contributed by atoms with Crippen LogP contribution in [0.25, 0.3) is 0 Å². The zero-order valence-corrected chi connectivity index (χ0v) is 11.4. The van der Waals surface area contributed by atoms with E-state index in [1.807, 2.05) is 0 Å². The normalized spacial score (nSPS) is 14.3. The first-order chi connectivity index (χ1) is 9.11. The molecule has 1 fully saturated rings. The Labute approximate surface area is 116 Å². The maximum Gasteiger partial charge on any atom is 0.314 e. The molecule has 6 heteroatoms.